The summed E-state index contributed by atoms with van der Waals surface area (Å²) >= 11 is 3.18. The van der Waals surface area contributed by atoms with Crippen LogP contribution < -0.4 is 4.90 Å². The van der Waals surface area contributed by atoms with E-state index in [0.717, 1.165) is 19.6 Å². The number of anilines is 1. The van der Waals surface area contributed by atoms with E-state index in [1.54, 1.807) is 12.1 Å². The highest BCUT2D eigenvalue weighted by Gasteiger charge is 2.31. The van der Waals surface area contributed by atoms with E-state index in [1.165, 1.54) is 19.4 Å². The van der Waals surface area contributed by atoms with Crippen LogP contribution in [0.15, 0.2) is 16.6 Å². The molecule has 5 heteroatoms. The first-order chi connectivity index (χ1) is 9.20. The smallest absolute Gasteiger partial charge is 0.161 e. The molecular weight excluding hydrogens is 309 g/mol. The van der Waals surface area contributed by atoms with Gasteiger partial charge in [0.25, 0.3) is 0 Å². The van der Waals surface area contributed by atoms with Crippen molar-refractivity contribution in [3.63, 3.8) is 0 Å². The molecule has 2 heterocycles. The SMILES string of the molecule is N#Cc1ccc(N2CCN3CCCC3C2)c(F)c1Br. The summed E-state index contributed by atoms with van der Waals surface area (Å²) < 4.78 is 14.6. The van der Waals surface area contributed by atoms with Gasteiger partial charge in [0.2, 0.25) is 0 Å². The largest absolute Gasteiger partial charge is 0.366 e. The van der Waals surface area contributed by atoms with Crippen LogP contribution in [-0.4, -0.2) is 37.1 Å². The topological polar surface area (TPSA) is 30.3 Å². The van der Waals surface area contributed by atoms with Crippen LogP contribution in [0.2, 0.25) is 0 Å². The van der Waals surface area contributed by atoms with Crippen LogP contribution in [0.1, 0.15) is 18.4 Å². The molecule has 0 aromatic heterocycles. The van der Waals surface area contributed by atoms with Crippen LogP contribution in [0.3, 0.4) is 0 Å². The summed E-state index contributed by atoms with van der Waals surface area (Å²) in [6.45, 7) is 3.92. The minimum Gasteiger partial charge on any atom is -0.366 e. The first-order valence-electron chi connectivity index (χ1n) is 6.58. The van der Waals surface area contributed by atoms with Gasteiger partial charge in [0, 0.05) is 25.7 Å². The van der Waals surface area contributed by atoms with Gasteiger partial charge in [-0.15, -0.1) is 0 Å². The Morgan fingerprint density at radius 3 is 2.95 bits per heavy atom. The summed E-state index contributed by atoms with van der Waals surface area (Å²) in [4.78, 5) is 4.60. The standard InChI is InChI=1S/C14H15BrFN3/c15-13-10(8-17)3-4-12(14(13)16)19-7-6-18-5-1-2-11(18)9-19/h3-4,11H,1-2,5-7,9H2. The molecule has 0 saturated carbocycles. The summed E-state index contributed by atoms with van der Waals surface area (Å²) in [5.41, 5.74) is 0.957. The van der Waals surface area contributed by atoms with E-state index in [0.29, 0.717) is 17.3 Å². The molecule has 0 amide bonds. The second-order valence-electron chi connectivity index (χ2n) is 5.15. The third-order valence-electron chi connectivity index (χ3n) is 4.11. The maximum atomic E-state index is 14.3. The van der Waals surface area contributed by atoms with Crippen LogP contribution in [0.5, 0.6) is 0 Å². The van der Waals surface area contributed by atoms with Crippen molar-refractivity contribution < 1.29 is 4.39 Å². The summed E-state index contributed by atoms with van der Waals surface area (Å²) in [6, 6.07) is 5.96. The second kappa shape index (κ2) is 5.10. The molecule has 1 unspecified atom stereocenters. The van der Waals surface area contributed by atoms with Crippen molar-refractivity contribution in [2.75, 3.05) is 31.1 Å². The lowest BCUT2D eigenvalue weighted by atomic mass is 10.1. The van der Waals surface area contributed by atoms with Crippen LogP contribution in [0.25, 0.3) is 0 Å². The van der Waals surface area contributed by atoms with Gasteiger partial charge in [0.15, 0.2) is 5.82 Å². The van der Waals surface area contributed by atoms with Crippen molar-refractivity contribution in [3.05, 3.63) is 28.0 Å². The van der Waals surface area contributed by atoms with Crippen LogP contribution in [0, 0.1) is 17.1 Å². The number of fused-ring (bicyclic) bond motifs is 1. The van der Waals surface area contributed by atoms with Gasteiger partial charge >= 0.3 is 0 Å². The van der Waals surface area contributed by atoms with Gasteiger partial charge in [-0.1, -0.05) is 0 Å². The molecule has 1 aromatic rings. The van der Waals surface area contributed by atoms with E-state index in [-0.39, 0.29) is 10.3 Å². The molecule has 3 rings (SSSR count). The molecule has 2 fully saturated rings. The molecule has 1 aromatic carbocycles. The number of halogens is 2. The Labute approximate surface area is 120 Å². The average Bonchev–Trinajstić information content (AvgIpc) is 2.89. The fourth-order valence-electron chi connectivity index (χ4n) is 3.08. The average molecular weight is 324 g/mol. The van der Waals surface area contributed by atoms with Gasteiger partial charge in [-0.2, -0.15) is 5.26 Å². The zero-order valence-corrected chi connectivity index (χ0v) is 12.2. The van der Waals surface area contributed by atoms with E-state index < -0.39 is 0 Å². The Hall–Kier alpha value is -1.12. The van der Waals surface area contributed by atoms with E-state index in [2.05, 4.69) is 25.7 Å². The third kappa shape index (κ3) is 2.24. The quantitative estimate of drug-likeness (QED) is 0.796. The monoisotopic (exact) mass is 323 g/mol. The fourth-order valence-corrected chi connectivity index (χ4v) is 3.50. The van der Waals surface area contributed by atoms with E-state index >= 15 is 0 Å². The maximum Gasteiger partial charge on any atom is 0.161 e. The van der Waals surface area contributed by atoms with Gasteiger partial charge in [0.05, 0.1) is 15.7 Å². The molecule has 2 aliphatic heterocycles. The van der Waals surface area contributed by atoms with Crippen LogP contribution >= 0.6 is 15.9 Å². The van der Waals surface area contributed by atoms with Crippen molar-refractivity contribution in [2.24, 2.45) is 0 Å². The molecule has 2 aliphatic rings. The molecule has 1 atom stereocenters. The molecule has 19 heavy (non-hydrogen) atoms. The van der Waals surface area contributed by atoms with Gasteiger partial charge in [-0.3, -0.25) is 4.90 Å². The Morgan fingerprint density at radius 1 is 1.32 bits per heavy atom. The van der Waals surface area contributed by atoms with Crippen molar-refractivity contribution in [1.82, 2.24) is 4.90 Å². The third-order valence-corrected chi connectivity index (χ3v) is 4.89. The predicted octanol–water partition coefficient (Wildman–Crippen LogP) is 2.74. The van der Waals surface area contributed by atoms with E-state index in [1.807, 2.05) is 6.07 Å². The fraction of sp³-hybridized carbons (Fsp3) is 0.500. The van der Waals surface area contributed by atoms with Gasteiger partial charge < -0.3 is 4.90 Å². The maximum absolute atomic E-state index is 14.3. The van der Waals surface area contributed by atoms with Gasteiger partial charge in [-0.25, -0.2) is 4.39 Å². The Balaban J connectivity index is 1.87. The molecule has 0 spiro atoms. The van der Waals surface area contributed by atoms with Crippen molar-refractivity contribution in [2.45, 2.75) is 18.9 Å². The highest BCUT2D eigenvalue weighted by Crippen LogP contribution is 2.32. The van der Waals surface area contributed by atoms with Gasteiger partial charge in [-0.05, 0) is 47.4 Å². The highest BCUT2D eigenvalue weighted by atomic mass is 79.9. The molecule has 2 saturated heterocycles. The Bertz CT molecular complexity index is 540. The molecule has 0 radical (unpaired) electrons. The second-order valence-corrected chi connectivity index (χ2v) is 5.94. The normalized spacial score (nSPS) is 23.2. The van der Waals surface area contributed by atoms with Crippen molar-refractivity contribution in [1.29, 1.82) is 5.26 Å². The highest BCUT2D eigenvalue weighted by molar-refractivity contribution is 9.10. The minimum absolute atomic E-state index is 0.279. The van der Waals surface area contributed by atoms with E-state index in [4.69, 9.17) is 5.26 Å². The Kier molecular flexibility index (Phi) is 3.46. The number of hydrogen-bond donors (Lipinski definition) is 0. The molecule has 0 bridgehead atoms. The zero-order chi connectivity index (χ0) is 13.4. The number of nitrogens with zero attached hydrogens (tertiary/aromatic N) is 3. The summed E-state index contributed by atoms with van der Waals surface area (Å²) in [7, 11) is 0. The lowest BCUT2D eigenvalue weighted by Gasteiger charge is -2.39. The van der Waals surface area contributed by atoms with Crippen LogP contribution in [-0.2, 0) is 0 Å². The number of hydrogen-bond acceptors (Lipinski definition) is 3. The van der Waals surface area contributed by atoms with Crippen LogP contribution in [0.4, 0.5) is 10.1 Å². The molecule has 0 aliphatic carbocycles. The molecule has 3 nitrogen and oxygen atoms in total. The first-order valence-corrected chi connectivity index (χ1v) is 7.37. The molecular formula is C14H15BrFN3. The number of benzene rings is 1. The molecule has 0 N–H and O–H groups in total. The van der Waals surface area contributed by atoms with Crippen molar-refractivity contribution in [3.8, 4) is 6.07 Å². The zero-order valence-electron chi connectivity index (χ0n) is 10.6. The van der Waals surface area contributed by atoms with E-state index in [9.17, 15) is 4.39 Å². The van der Waals surface area contributed by atoms with Gasteiger partial charge in [0.1, 0.15) is 6.07 Å². The Morgan fingerprint density at radius 2 is 2.16 bits per heavy atom. The number of nitriles is 1. The number of piperazine rings is 1. The molecule has 100 valence electrons. The lowest BCUT2D eigenvalue weighted by Crippen LogP contribution is -2.50. The van der Waals surface area contributed by atoms with Crippen molar-refractivity contribution >= 4 is 21.6 Å². The minimum atomic E-state index is -0.314. The summed E-state index contributed by atoms with van der Waals surface area (Å²) in [5.74, 6) is -0.314. The predicted molar refractivity (Wildman–Crippen MR) is 75.6 cm³/mol. The summed E-state index contributed by atoms with van der Waals surface area (Å²) in [5, 5.41) is 8.90. The number of rotatable bonds is 1. The first kappa shape index (κ1) is 12.9. The lowest BCUT2D eigenvalue weighted by molar-refractivity contribution is 0.230. The summed E-state index contributed by atoms with van der Waals surface area (Å²) in [6.07, 6.45) is 2.45.